The second-order valence-electron chi connectivity index (χ2n) is 5.03. The van der Waals surface area contributed by atoms with Crippen LogP contribution < -0.4 is 0 Å². The third-order valence-electron chi connectivity index (χ3n) is 3.43. The van der Waals surface area contributed by atoms with Crippen molar-refractivity contribution in [2.24, 2.45) is 0 Å². The maximum absolute atomic E-state index is 11.4. The molecule has 2 aliphatic rings. The molecule has 2 fully saturated rings. The van der Waals surface area contributed by atoms with E-state index in [0.717, 1.165) is 32.5 Å². The van der Waals surface area contributed by atoms with E-state index >= 15 is 0 Å². The van der Waals surface area contributed by atoms with Crippen LogP contribution in [0.25, 0.3) is 0 Å². The Balaban J connectivity index is 1.66. The monoisotopic (exact) mass is 264 g/mol. The minimum absolute atomic E-state index is 0.0134. The maximum atomic E-state index is 11.4. The highest BCUT2D eigenvalue weighted by molar-refractivity contribution is 5.78. The van der Waals surface area contributed by atoms with Crippen LogP contribution in [0.1, 0.15) is 26.2 Å². The molecule has 0 radical (unpaired) electrons. The second-order valence-corrected chi connectivity index (χ2v) is 5.03. The Kier molecular flexibility index (Phi) is 4.80. The number of carbonyl (C=O) groups is 2. The van der Waals surface area contributed by atoms with Gasteiger partial charge in [-0.25, -0.2) is 0 Å². The molecule has 5 nitrogen and oxygen atoms in total. The minimum atomic E-state index is -0.217. The lowest BCUT2D eigenvalue weighted by Gasteiger charge is -2.13. The fourth-order valence-corrected chi connectivity index (χ4v) is 2.46. The minimum Gasteiger partial charge on any atom is -0.461 e. The average Bonchev–Trinajstić information content (AvgIpc) is 2.94. The van der Waals surface area contributed by atoms with Crippen molar-refractivity contribution in [3.05, 3.63) is 0 Å². The van der Waals surface area contributed by atoms with Gasteiger partial charge < -0.3 is 9.64 Å². The highest BCUT2D eigenvalue weighted by atomic mass is 16.5. The molecule has 2 rings (SSSR count). The molecule has 2 heterocycles. The Morgan fingerprint density at radius 1 is 1.37 bits per heavy atom. The van der Waals surface area contributed by atoms with E-state index in [2.05, 4.69) is 16.7 Å². The Morgan fingerprint density at radius 3 is 2.84 bits per heavy atom. The van der Waals surface area contributed by atoms with Gasteiger partial charge in [0.2, 0.25) is 5.91 Å². The number of likely N-dealkylation sites (tertiary alicyclic amines) is 2. The first-order chi connectivity index (χ1) is 9.15. The Morgan fingerprint density at radius 2 is 2.16 bits per heavy atom. The first-order valence-electron chi connectivity index (χ1n) is 6.78. The van der Waals surface area contributed by atoms with Crippen molar-refractivity contribution in [2.45, 2.75) is 32.3 Å². The molecule has 0 aromatic carbocycles. The number of hydrogen-bond donors (Lipinski definition) is 0. The van der Waals surface area contributed by atoms with Gasteiger partial charge in [0, 0.05) is 33.0 Å². The molecule has 0 aromatic rings. The summed E-state index contributed by atoms with van der Waals surface area (Å²) in [5.41, 5.74) is 0. The molecule has 19 heavy (non-hydrogen) atoms. The molecular weight excluding hydrogens is 244 g/mol. The van der Waals surface area contributed by atoms with Crippen molar-refractivity contribution < 1.29 is 14.3 Å². The zero-order chi connectivity index (χ0) is 13.7. The summed E-state index contributed by atoms with van der Waals surface area (Å²) in [6.07, 6.45) is 2.51. The van der Waals surface area contributed by atoms with Gasteiger partial charge in [0.15, 0.2) is 0 Å². The third-order valence-corrected chi connectivity index (χ3v) is 3.43. The Bertz CT molecular complexity index is 411. The molecule has 2 aliphatic heterocycles. The van der Waals surface area contributed by atoms with Crippen LogP contribution in [-0.4, -0.2) is 60.5 Å². The number of nitrogens with zero attached hydrogens (tertiary/aromatic N) is 2. The van der Waals surface area contributed by atoms with Gasteiger partial charge >= 0.3 is 5.97 Å². The van der Waals surface area contributed by atoms with Crippen molar-refractivity contribution >= 4 is 11.9 Å². The van der Waals surface area contributed by atoms with Crippen molar-refractivity contribution in [1.29, 1.82) is 0 Å². The molecule has 0 bridgehead atoms. The average molecular weight is 264 g/mol. The molecule has 0 N–H and O–H groups in total. The van der Waals surface area contributed by atoms with Crippen LogP contribution in [0.15, 0.2) is 0 Å². The normalized spacial score (nSPS) is 23.3. The van der Waals surface area contributed by atoms with Gasteiger partial charge in [-0.1, -0.05) is 11.8 Å². The lowest BCUT2D eigenvalue weighted by Crippen LogP contribution is -2.26. The van der Waals surface area contributed by atoms with E-state index in [-0.39, 0.29) is 18.0 Å². The van der Waals surface area contributed by atoms with Crippen molar-refractivity contribution in [1.82, 2.24) is 9.80 Å². The summed E-state index contributed by atoms with van der Waals surface area (Å²) in [5.74, 6) is 6.13. The van der Waals surface area contributed by atoms with Gasteiger partial charge in [-0.3, -0.25) is 14.5 Å². The first kappa shape index (κ1) is 13.9. The van der Waals surface area contributed by atoms with Crippen LogP contribution in [0.3, 0.4) is 0 Å². The summed E-state index contributed by atoms with van der Waals surface area (Å²) < 4.78 is 5.16. The number of ether oxygens (including phenoxy) is 1. The smallest absolute Gasteiger partial charge is 0.302 e. The summed E-state index contributed by atoms with van der Waals surface area (Å²) in [5, 5.41) is 0. The summed E-state index contributed by atoms with van der Waals surface area (Å²) in [4.78, 5) is 26.2. The molecule has 0 spiro atoms. The molecule has 0 aromatic heterocycles. The van der Waals surface area contributed by atoms with Crippen LogP contribution in [0.4, 0.5) is 0 Å². The zero-order valence-corrected chi connectivity index (χ0v) is 11.4. The van der Waals surface area contributed by atoms with Crippen LogP contribution in [0, 0.1) is 11.8 Å². The maximum Gasteiger partial charge on any atom is 0.302 e. The molecule has 0 aliphatic carbocycles. The van der Waals surface area contributed by atoms with Gasteiger partial charge in [0.1, 0.15) is 6.10 Å². The number of esters is 1. The predicted molar refractivity (Wildman–Crippen MR) is 70.2 cm³/mol. The van der Waals surface area contributed by atoms with Crippen molar-refractivity contribution in [3.63, 3.8) is 0 Å². The van der Waals surface area contributed by atoms with Gasteiger partial charge in [-0.05, 0) is 12.8 Å². The summed E-state index contributed by atoms with van der Waals surface area (Å²) in [6.45, 7) is 5.17. The SMILES string of the molecule is CC(=O)O[C@@H]1CCN(CC#CCN2CCCC2=O)C1. The molecule has 1 atom stereocenters. The van der Waals surface area contributed by atoms with E-state index in [1.165, 1.54) is 6.92 Å². The molecular formula is C14H20N2O3. The summed E-state index contributed by atoms with van der Waals surface area (Å²) >= 11 is 0. The van der Waals surface area contributed by atoms with Gasteiger partial charge in [-0.15, -0.1) is 0 Å². The van der Waals surface area contributed by atoms with Crippen LogP contribution in [0.5, 0.6) is 0 Å². The summed E-state index contributed by atoms with van der Waals surface area (Å²) in [6, 6.07) is 0. The Hall–Kier alpha value is -1.54. The van der Waals surface area contributed by atoms with E-state index in [4.69, 9.17) is 4.74 Å². The van der Waals surface area contributed by atoms with E-state index in [9.17, 15) is 9.59 Å². The fraction of sp³-hybridized carbons (Fsp3) is 0.714. The number of rotatable bonds is 3. The van der Waals surface area contributed by atoms with E-state index in [1.807, 2.05) is 0 Å². The molecule has 5 heteroatoms. The fourth-order valence-electron chi connectivity index (χ4n) is 2.46. The van der Waals surface area contributed by atoms with Gasteiger partial charge in [0.25, 0.3) is 0 Å². The predicted octanol–water partition coefficient (Wildman–Crippen LogP) is 0.250. The van der Waals surface area contributed by atoms with E-state index < -0.39 is 0 Å². The van der Waals surface area contributed by atoms with E-state index in [1.54, 1.807) is 4.90 Å². The molecule has 0 saturated carbocycles. The topological polar surface area (TPSA) is 49.9 Å². The van der Waals surface area contributed by atoms with Gasteiger partial charge in [0.05, 0.1) is 13.1 Å². The van der Waals surface area contributed by atoms with Crippen molar-refractivity contribution in [3.8, 4) is 11.8 Å². The van der Waals surface area contributed by atoms with Crippen LogP contribution in [-0.2, 0) is 14.3 Å². The van der Waals surface area contributed by atoms with E-state index in [0.29, 0.717) is 19.5 Å². The molecule has 2 saturated heterocycles. The zero-order valence-electron chi connectivity index (χ0n) is 11.4. The van der Waals surface area contributed by atoms with Crippen molar-refractivity contribution in [2.75, 3.05) is 32.7 Å². The van der Waals surface area contributed by atoms with Crippen LogP contribution >= 0.6 is 0 Å². The Labute approximate surface area is 113 Å². The first-order valence-corrected chi connectivity index (χ1v) is 6.78. The highest BCUT2D eigenvalue weighted by Crippen LogP contribution is 2.12. The lowest BCUT2D eigenvalue weighted by atomic mass is 10.3. The standard InChI is InChI=1S/C14H20N2O3/c1-12(17)19-13-6-10-15(11-13)7-2-3-8-16-9-4-5-14(16)18/h13H,4-11H2,1H3/t13-/m1/s1. The quantitative estimate of drug-likeness (QED) is 0.541. The molecule has 104 valence electrons. The van der Waals surface area contributed by atoms with Crippen LogP contribution in [0.2, 0.25) is 0 Å². The van der Waals surface area contributed by atoms with Gasteiger partial charge in [-0.2, -0.15) is 0 Å². The molecule has 1 amide bonds. The number of hydrogen-bond acceptors (Lipinski definition) is 4. The molecule has 0 unspecified atom stereocenters. The third kappa shape index (κ3) is 4.25. The largest absolute Gasteiger partial charge is 0.461 e. The summed E-state index contributed by atoms with van der Waals surface area (Å²) in [7, 11) is 0. The number of carbonyl (C=O) groups excluding carboxylic acids is 2. The highest BCUT2D eigenvalue weighted by Gasteiger charge is 2.23. The number of amides is 1. The lowest BCUT2D eigenvalue weighted by molar-refractivity contribution is -0.145. The second kappa shape index (κ2) is 6.58.